The molecule has 0 saturated carbocycles. The zero-order valence-corrected chi connectivity index (χ0v) is 35.8. The topological polar surface area (TPSA) is 198 Å². The number of carbonyl (C=O) groups excluding carboxylic acids is 4. The summed E-state index contributed by atoms with van der Waals surface area (Å²) in [6, 6.07) is 6.35. The normalized spacial score (nSPS) is 35.4. The number of aliphatic hydroxyl groups excluding tert-OH is 1. The Morgan fingerprint density at radius 1 is 1.07 bits per heavy atom. The third-order valence-electron chi connectivity index (χ3n) is 12.6. The van der Waals surface area contributed by atoms with Crippen LogP contribution in [-0.2, 0) is 44.6 Å². The van der Waals surface area contributed by atoms with Gasteiger partial charge in [0.15, 0.2) is 17.7 Å². The highest BCUT2D eigenvalue weighted by atomic mass is 16.7. The summed E-state index contributed by atoms with van der Waals surface area (Å²) < 4.78 is 32.7. The van der Waals surface area contributed by atoms with E-state index in [0.29, 0.717) is 37.2 Å². The van der Waals surface area contributed by atoms with Crippen LogP contribution in [0.15, 0.2) is 30.5 Å². The van der Waals surface area contributed by atoms with Gasteiger partial charge in [0.25, 0.3) is 0 Å². The van der Waals surface area contributed by atoms with Crippen LogP contribution < -0.4 is 5.73 Å². The average Bonchev–Trinajstić information content (AvgIpc) is 3.75. The van der Waals surface area contributed by atoms with Crippen molar-refractivity contribution in [3.05, 3.63) is 30.5 Å². The molecule has 1 aromatic heterocycles. The molecule has 3 aliphatic heterocycles. The van der Waals surface area contributed by atoms with Gasteiger partial charge in [0.05, 0.1) is 30.0 Å². The van der Waals surface area contributed by atoms with E-state index in [0.717, 1.165) is 5.56 Å². The van der Waals surface area contributed by atoms with E-state index in [1.165, 1.54) is 14.0 Å². The van der Waals surface area contributed by atoms with Gasteiger partial charge >= 0.3 is 12.1 Å². The van der Waals surface area contributed by atoms with Crippen molar-refractivity contribution in [1.82, 2.24) is 24.8 Å². The maximum Gasteiger partial charge on any atom is 0.410 e. The van der Waals surface area contributed by atoms with Crippen LogP contribution in [0, 0.1) is 17.8 Å². The molecule has 5 rings (SSSR count). The highest BCUT2D eigenvalue weighted by Gasteiger charge is 2.58. The number of cyclic esters (lactones) is 1. The number of fused-ring (bicyclic) bond motifs is 1. The molecule has 4 heterocycles. The second-order valence-corrected chi connectivity index (χ2v) is 17.1. The van der Waals surface area contributed by atoms with Crippen LogP contribution in [0.3, 0.4) is 0 Å². The Morgan fingerprint density at radius 2 is 1.78 bits per heavy atom. The van der Waals surface area contributed by atoms with Gasteiger partial charge in [-0.2, -0.15) is 0 Å². The van der Waals surface area contributed by atoms with Crippen LogP contribution in [0.2, 0.25) is 0 Å². The first kappa shape index (κ1) is 45.1. The van der Waals surface area contributed by atoms with Gasteiger partial charge in [-0.3, -0.25) is 19.1 Å². The smallest absolute Gasteiger partial charge is 0.410 e. The number of aryl methyl sites for hydroxylation is 1. The molecule has 0 bridgehead atoms. The number of likely N-dealkylation sites (N-methyl/N-ethyl adjacent to an activating group) is 1. The molecule has 3 fully saturated rings. The first-order valence-corrected chi connectivity index (χ1v) is 20.6. The molecule has 1 amide bonds. The molecular weight excluding hydrogens is 748 g/mol. The molecule has 3 N–H and O–H groups in total. The van der Waals surface area contributed by atoms with Gasteiger partial charge in [0, 0.05) is 55.7 Å². The number of hydrogen-bond donors (Lipinski definition) is 2. The fourth-order valence-corrected chi connectivity index (χ4v) is 8.91. The van der Waals surface area contributed by atoms with Crippen molar-refractivity contribution in [3.8, 4) is 11.3 Å². The second kappa shape index (κ2) is 18.5. The third kappa shape index (κ3) is 9.57. The minimum absolute atomic E-state index is 0.0774. The molecule has 2 aromatic rings. The van der Waals surface area contributed by atoms with Gasteiger partial charge in [-0.25, -0.2) is 4.79 Å². The number of ether oxygens (including phenoxy) is 5. The van der Waals surface area contributed by atoms with Crippen LogP contribution in [0.4, 0.5) is 10.5 Å². The molecule has 58 heavy (non-hydrogen) atoms. The van der Waals surface area contributed by atoms with Crippen LogP contribution in [0.1, 0.15) is 87.0 Å². The molecule has 3 aliphatic rings. The summed E-state index contributed by atoms with van der Waals surface area (Å²) in [4.78, 5) is 59.7. The van der Waals surface area contributed by atoms with Crippen molar-refractivity contribution in [2.24, 2.45) is 17.8 Å². The Morgan fingerprint density at radius 3 is 2.43 bits per heavy atom. The summed E-state index contributed by atoms with van der Waals surface area (Å²) in [7, 11) is 5.22. The number of nitrogen functional groups attached to an aromatic ring is 1. The highest BCUT2D eigenvalue weighted by Crippen LogP contribution is 2.41. The fourth-order valence-electron chi connectivity index (χ4n) is 8.91. The average molecular weight is 813 g/mol. The summed E-state index contributed by atoms with van der Waals surface area (Å²) in [5.74, 6) is -4.22. The molecular formula is C42H64N6O10. The monoisotopic (exact) mass is 812 g/mol. The van der Waals surface area contributed by atoms with E-state index in [9.17, 15) is 24.3 Å². The molecule has 1 unspecified atom stereocenters. The number of amides is 1. The van der Waals surface area contributed by atoms with Crippen molar-refractivity contribution < 1.29 is 48.0 Å². The van der Waals surface area contributed by atoms with Gasteiger partial charge in [0.2, 0.25) is 0 Å². The molecule has 12 atom stereocenters. The van der Waals surface area contributed by atoms with Gasteiger partial charge in [-0.05, 0) is 86.0 Å². The molecule has 0 radical (unpaired) electrons. The number of anilines is 1. The number of carbonyl (C=O) groups is 4. The lowest BCUT2D eigenvalue weighted by atomic mass is 9.76. The SMILES string of the molecule is CC[C@H]1OC(=O)[C@H](C)C(=O)[C@H](C)[C@@H](O[C@@H]2O[C@H](C)CC(N(C)C)[C@H]2O)[C@](C)(OC)C[C@@H](C)C(=O)C[C@H]2N(CCCCn3cc(-c4cccc(N)c4)nn3)C(=O)O[C@]12C. The Labute approximate surface area is 342 Å². The Hall–Kier alpha value is -3.96. The second-order valence-electron chi connectivity index (χ2n) is 17.1. The number of esters is 1. The van der Waals surface area contributed by atoms with Crippen molar-refractivity contribution in [2.45, 2.75) is 148 Å². The van der Waals surface area contributed by atoms with Crippen LogP contribution in [0.5, 0.6) is 0 Å². The van der Waals surface area contributed by atoms with E-state index >= 15 is 0 Å². The number of methoxy groups -OCH3 is 1. The summed E-state index contributed by atoms with van der Waals surface area (Å²) in [6.07, 6.45) is -1.12. The molecule has 0 spiro atoms. The predicted molar refractivity (Wildman–Crippen MR) is 214 cm³/mol. The first-order valence-electron chi connectivity index (χ1n) is 20.6. The van der Waals surface area contributed by atoms with E-state index in [2.05, 4.69) is 10.3 Å². The number of benzene rings is 1. The van der Waals surface area contributed by atoms with Crippen molar-refractivity contribution in [3.63, 3.8) is 0 Å². The van der Waals surface area contributed by atoms with E-state index in [4.69, 9.17) is 29.4 Å². The number of unbranched alkanes of at least 4 members (excludes halogenated alkanes) is 1. The van der Waals surface area contributed by atoms with Crippen LogP contribution in [0.25, 0.3) is 11.3 Å². The Bertz CT molecular complexity index is 1770. The zero-order valence-electron chi connectivity index (χ0n) is 35.8. The summed E-state index contributed by atoms with van der Waals surface area (Å²) in [6.45, 7) is 12.9. The van der Waals surface area contributed by atoms with E-state index in [-0.39, 0.29) is 43.7 Å². The van der Waals surface area contributed by atoms with Gasteiger partial charge in [0.1, 0.15) is 29.6 Å². The number of nitrogens with zero attached hydrogens (tertiary/aromatic N) is 5. The Kier molecular flexibility index (Phi) is 14.4. The maximum absolute atomic E-state index is 14.4. The number of aromatic nitrogens is 3. The van der Waals surface area contributed by atoms with Gasteiger partial charge in [-0.1, -0.05) is 38.1 Å². The number of ketones is 2. The first-order chi connectivity index (χ1) is 27.3. The van der Waals surface area contributed by atoms with Crippen LogP contribution in [-0.4, -0.2) is 135 Å². The number of Topliss-reactive ketones (excluding diaryl/α,β-unsaturated/α-hetero) is 2. The Balaban J connectivity index is 1.40. The maximum atomic E-state index is 14.4. The van der Waals surface area contributed by atoms with Gasteiger partial charge < -0.3 is 44.3 Å². The lowest BCUT2D eigenvalue weighted by molar-refractivity contribution is -0.295. The number of rotatable bonds is 11. The lowest BCUT2D eigenvalue weighted by Crippen LogP contribution is -2.59. The summed E-state index contributed by atoms with van der Waals surface area (Å²) in [5, 5.41) is 19.9. The summed E-state index contributed by atoms with van der Waals surface area (Å²) >= 11 is 0. The standard InChI is InChI=1S/C42H64N6O10/c1-11-34-42(7)33(48(40(53)58-42)18-13-12-17-47-23-30(44-45-47)28-15-14-16-29(43)20-28)21-32(49)24(2)22-41(6,54-10)37(26(4)35(50)27(5)38(52)56-34)57-39-36(51)31(46(8)9)19-25(3)55-39/h14-16,20,23-27,31,33-34,36-37,39,51H,11-13,17-19,21-22,43H2,1-10H3/t24-,25-,26+,27-,31?,33-,34-,36-,37-,39+,41-,42+/m1/s1. The fraction of sp³-hybridized carbons (Fsp3) is 0.714. The van der Waals surface area contributed by atoms with Crippen LogP contribution >= 0.6 is 0 Å². The van der Waals surface area contributed by atoms with Crippen molar-refractivity contribution in [1.29, 1.82) is 0 Å². The number of hydrogen-bond acceptors (Lipinski definition) is 14. The molecule has 1 aromatic carbocycles. The van der Waals surface area contributed by atoms with Crippen molar-refractivity contribution >= 4 is 29.3 Å². The predicted octanol–water partition coefficient (Wildman–Crippen LogP) is 4.27. The zero-order chi connectivity index (χ0) is 42.7. The number of aliphatic hydroxyl groups is 1. The quantitative estimate of drug-likeness (QED) is 0.141. The number of nitrogens with two attached hydrogens (primary N) is 1. The minimum Gasteiger partial charge on any atom is -0.458 e. The third-order valence-corrected chi connectivity index (χ3v) is 12.6. The summed E-state index contributed by atoms with van der Waals surface area (Å²) in [5.41, 5.74) is 5.47. The van der Waals surface area contributed by atoms with Gasteiger partial charge in [-0.15, -0.1) is 5.10 Å². The molecule has 16 heteroatoms. The molecule has 16 nitrogen and oxygen atoms in total. The lowest BCUT2D eigenvalue weighted by Gasteiger charge is -2.46. The highest BCUT2D eigenvalue weighted by molar-refractivity contribution is 6.00. The van der Waals surface area contributed by atoms with E-state index < -0.39 is 77.4 Å². The minimum atomic E-state index is -1.39. The van der Waals surface area contributed by atoms with E-state index in [1.807, 2.05) is 50.3 Å². The molecule has 0 aliphatic carbocycles. The largest absolute Gasteiger partial charge is 0.458 e. The van der Waals surface area contributed by atoms with E-state index in [1.54, 1.807) is 50.3 Å². The molecule has 322 valence electrons. The van der Waals surface area contributed by atoms with Crippen molar-refractivity contribution in [2.75, 3.05) is 33.5 Å². The molecule has 3 saturated heterocycles.